The summed E-state index contributed by atoms with van der Waals surface area (Å²) >= 11 is 0. The molecule has 0 atom stereocenters. The van der Waals surface area contributed by atoms with Crippen LogP contribution in [0.4, 0.5) is 0 Å². The van der Waals surface area contributed by atoms with E-state index in [1.54, 1.807) is 6.92 Å². The number of hydrogen-bond acceptors (Lipinski definition) is 5. The molecule has 2 aromatic rings. The van der Waals surface area contributed by atoms with Crippen LogP contribution in [0.15, 0.2) is 10.9 Å². The van der Waals surface area contributed by atoms with E-state index in [2.05, 4.69) is 25.7 Å². The van der Waals surface area contributed by atoms with Crippen LogP contribution < -0.4 is 5.32 Å². The van der Waals surface area contributed by atoms with E-state index in [4.69, 9.17) is 4.52 Å². The third-order valence-electron chi connectivity index (χ3n) is 2.75. The molecule has 0 fully saturated rings. The highest BCUT2D eigenvalue weighted by atomic mass is 16.5. The zero-order valence-corrected chi connectivity index (χ0v) is 11.2. The third-order valence-corrected chi connectivity index (χ3v) is 2.75. The van der Waals surface area contributed by atoms with E-state index in [0.29, 0.717) is 30.0 Å². The molecular formula is C12H17N5O2. The van der Waals surface area contributed by atoms with Crippen LogP contribution >= 0.6 is 0 Å². The zero-order chi connectivity index (χ0) is 13.8. The molecule has 2 N–H and O–H groups in total. The van der Waals surface area contributed by atoms with Crippen molar-refractivity contribution in [3.05, 3.63) is 29.2 Å². The second kappa shape index (κ2) is 5.64. The van der Waals surface area contributed by atoms with Gasteiger partial charge < -0.3 is 9.84 Å². The van der Waals surface area contributed by atoms with E-state index >= 15 is 0 Å². The first-order valence-corrected chi connectivity index (χ1v) is 6.18. The van der Waals surface area contributed by atoms with E-state index in [9.17, 15) is 4.79 Å². The maximum absolute atomic E-state index is 12.1. The summed E-state index contributed by atoms with van der Waals surface area (Å²) in [4.78, 5) is 16.1. The highest BCUT2D eigenvalue weighted by Crippen LogP contribution is 2.21. The Labute approximate surface area is 110 Å². The fraction of sp³-hybridized carbons (Fsp3) is 0.500. The monoisotopic (exact) mass is 263 g/mol. The molecule has 0 saturated heterocycles. The Bertz CT molecular complexity index is 544. The van der Waals surface area contributed by atoms with Crippen LogP contribution in [0.1, 0.15) is 47.4 Å². The molecule has 2 rings (SSSR count). The number of amides is 1. The molecule has 7 nitrogen and oxygen atoms in total. The molecule has 0 aliphatic carbocycles. The number of nitrogens with one attached hydrogen (secondary N) is 2. The summed E-state index contributed by atoms with van der Waals surface area (Å²) in [7, 11) is 0. The normalized spacial score (nSPS) is 10.9. The van der Waals surface area contributed by atoms with Gasteiger partial charge in [-0.05, 0) is 6.92 Å². The van der Waals surface area contributed by atoms with Crippen LogP contribution in [0, 0.1) is 6.92 Å². The first-order chi connectivity index (χ1) is 9.09. The number of aromatic amines is 1. The topological polar surface area (TPSA) is 96.7 Å². The Morgan fingerprint density at radius 3 is 2.95 bits per heavy atom. The predicted octanol–water partition coefficient (Wildman–Crippen LogP) is 1.20. The summed E-state index contributed by atoms with van der Waals surface area (Å²) in [5.74, 6) is 1.32. The van der Waals surface area contributed by atoms with Gasteiger partial charge in [0.1, 0.15) is 17.7 Å². The first-order valence-electron chi connectivity index (χ1n) is 6.18. The van der Waals surface area contributed by atoms with Crippen LogP contribution in [0.2, 0.25) is 0 Å². The Balaban J connectivity index is 1.98. The second-order valence-corrected chi connectivity index (χ2v) is 4.60. The largest absolute Gasteiger partial charge is 0.360 e. The Morgan fingerprint density at radius 1 is 1.53 bits per heavy atom. The zero-order valence-electron chi connectivity index (χ0n) is 11.2. The van der Waals surface area contributed by atoms with Gasteiger partial charge >= 0.3 is 0 Å². The number of aromatic nitrogens is 4. The fourth-order valence-corrected chi connectivity index (χ4v) is 1.79. The molecule has 0 aliphatic heterocycles. The maximum atomic E-state index is 12.1. The molecule has 0 spiro atoms. The standard InChI is InChI=1S/C12H17N5O2/c1-7(2)11-10(8(3)17-19-11)12(18)13-5-4-9-14-6-15-16-9/h6-7H,4-5H2,1-3H3,(H,13,18)(H,14,15,16). The Hall–Kier alpha value is -2.18. The number of carbonyl (C=O) groups excluding carboxylic acids is 1. The number of H-pyrrole nitrogens is 1. The van der Waals surface area contributed by atoms with Crippen molar-refractivity contribution in [1.82, 2.24) is 25.7 Å². The average molecular weight is 263 g/mol. The van der Waals surface area contributed by atoms with E-state index < -0.39 is 0 Å². The van der Waals surface area contributed by atoms with Crippen molar-refractivity contribution in [2.75, 3.05) is 6.54 Å². The molecule has 0 unspecified atom stereocenters. The van der Waals surface area contributed by atoms with Crippen molar-refractivity contribution in [3.8, 4) is 0 Å². The van der Waals surface area contributed by atoms with Gasteiger partial charge in [-0.2, -0.15) is 5.10 Å². The van der Waals surface area contributed by atoms with Gasteiger partial charge in [-0.15, -0.1) is 0 Å². The summed E-state index contributed by atoms with van der Waals surface area (Å²) in [6.07, 6.45) is 2.05. The molecule has 7 heteroatoms. The molecule has 0 bridgehead atoms. The third kappa shape index (κ3) is 2.98. The van der Waals surface area contributed by atoms with Crippen molar-refractivity contribution in [2.24, 2.45) is 0 Å². The molecule has 1 amide bonds. The lowest BCUT2D eigenvalue weighted by molar-refractivity contribution is 0.0951. The van der Waals surface area contributed by atoms with Gasteiger partial charge in [0, 0.05) is 18.9 Å². The van der Waals surface area contributed by atoms with Crippen molar-refractivity contribution < 1.29 is 9.32 Å². The number of nitrogens with zero attached hydrogens (tertiary/aromatic N) is 3. The summed E-state index contributed by atoms with van der Waals surface area (Å²) < 4.78 is 5.19. The SMILES string of the molecule is Cc1noc(C(C)C)c1C(=O)NCCc1ncn[nH]1. The van der Waals surface area contributed by atoms with Gasteiger partial charge in [0.15, 0.2) is 5.76 Å². The highest BCUT2D eigenvalue weighted by Gasteiger charge is 2.22. The lowest BCUT2D eigenvalue weighted by Crippen LogP contribution is -2.27. The first kappa shape index (κ1) is 13.3. The molecule has 0 aromatic carbocycles. The highest BCUT2D eigenvalue weighted by molar-refractivity contribution is 5.96. The minimum absolute atomic E-state index is 0.122. The van der Waals surface area contributed by atoms with Crippen molar-refractivity contribution in [3.63, 3.8) is 0 Å². The van der Waals surface area contributed by atoms with Crippen LogP contribution in [0.3, 0.4) is 0 Å². The summed E-state index contributed by atoms with van der Waals surface area (Å²) in [6, 6.07) is 0. The molecule has 2 heterocycles. The number of carbonyl (C=O) groups is 1. The van der Waals surface area contributed by atoms with Crippen LogP contribution in [-0.4, -0.2) is 32.8 Å². The van der Waals surface area contributed by atoms with Crippen LogP contribution in [-0.2, 0) is 6.42 Å². The minimum Gasteiger partial charge on any atom is -0.360 e. The van der Waals surface area contributed by atoms with Gasteiger partial charge in [-0.1, -0.05) is 19.0 Å². The van der Waals surface area contributed by atoms with Gasteiger partial charge in [0.05, 0.1) is 5.69 Å². The van der Waals surface area contributed by atoms with Gasteiger partial charge in [-0.25, -0.2) is 4.98 Å². The summed E-state index contributed by atoms with van der Waals surface area (Å²) in [5.41, 5.74) is 1.15. The summed E-state index contributed by atoms with van der Waals surface area (Å²) in [5, 5.41) is 13.2. The molecular weight excluding hydrogens is 246 g/mol. The maximum Gasteiger partial charge on any atom is 0.256 e. The molecule has 0 radical (unpaired) electrons. The predicted molar refractivity (Wildman–Crippen MR) is 67.7 cm³/mol. The lowest BCUT2D eigenvalue weighted by atomic mass is 10.0. The molecule has 0 saturated carbocycles. The van der Waals surface area contributed by atoms with Gasteiger partial charge in [-0.3, -0.25) is 9.89 Å². The van der Waals surface area contributed by atoms with Crippen LogP contribution in [0.25, 0.3) is 0 Å². The van der Waals surface area contributed by atoms with E-state index in [-0.39, 0.29) is 11.8 Å². The van der Waals surface area contributed by atoms with Crippen molar-refractivity contribution in [2.45, 2.75) is 33.1 Å². The summed E-state index contributed by atoms with van der Waals surface area (Å²) in [6.45, 7) is 6.17. The van der Waals surface area contributed by atoms with E-state index in [1.165, 1.54) is 6.33 Å². The van der Waals surface area contributed by atoms with E-state index in [0.717, 1.165) is 5.82 Å². The Kier molecular flexibility index (Phi) is 3.94. The quantitative estimate of drug-likeness (QED) is 0.844. The fourth-order valence-electron chi connectivity index (χ4n) is 1.79. The van der Waals surface area contributed by atoms with Crippen molar-refractivity contribution in [1.29, 1.82) is 0 Å². The average Bonchev–Trinajstić information content (AvgIpc) is 2.98. The van der Waals surface area contributed by atoms with Gasteiger partial charge in [0.2, 0.25) is 0 Å². The Morgan fingerprint density at radius 2 is 2.32 bits per heavy atom. The van der Waals surface area contributed by atoms with Gasteiger partial charge in [0.25, 0.3) is 5.91 Å². The minimum atomic E-state index is -0.165. The van der Waals surface area contributed by atoms with Crippen molar-refractivity contribution >= 4 is 5.91 Å². The molecule has 102 valence electrons. The molecule has 19 heavy (non-hydrogen) atoms. The lowest BCUT2D eigenvalue weighted by Gasteiger charge is -2.06. The molecule has 0 aliphatic rings. The number of hydrogen-bond donors (Lipinski definition) is 2. The smallest absolute Gasteiger partial charge is 0.256 e. The van der Waals surface area contributed by atoms with Crippen LogP contribution in [0.5, 0.6) is 0 Å². The number of aryl methyl sites for hydroxylation is 1. The second-order valence-electron chi connectivity index (χ2n) is 4.60. The van der Waals surface area contributed by atoms with E-state index in [1.807, 2.05) is 13.8 Å². The molecule has 2 aromatic heterocycles. The number of rotatable bonds is 5.